The molecule has 20 heavy (non-hydrogen) atoms. The van der Waals surface area contributed by atoms with Crippen LogP contribution in [-0.4, -0.2) is 26.1 Å². The van der Waals surface area contributed by atoms with Crippen molar-refractivity contribution in [3.8, 4) is 5.75 Å². The van der Waals surface area contributed by atoms with E-state index >= 15 is 0 Å². The molecule has 0 heterocycles. The van der Waals surface area contributed by atoms with Gasteiger partial charge in [0.1, 0.15) is 5.75 Å². The third-order valence-corrected chi connectivity index (χ3v) is 3.92. The lowest BCUT2D eigenvalue weighted by atomic mass is 10.2. The van der Waals surface area contributed by atoms with Crippen LogP contribution >= 0.6 is 24.2 Å². The molecule has 0 aliphatic heterocycles. The van der Waals surface area contributed by atoms with Gasteiger partial charge in [-0.1, -0.05) is 42.1 Å². The Hall–Kier alpha value is -1.16. The zero-order valence-corrected chi connectivity index (χ0v) is 13.6. The molecule has 0 saturated carbocycles. The molecule has 0 aliphatic rings. The van der Waals surface area contributed by atoms with E-state index in [2.05, 4.69) is 49.3 Å². The van der Waals surface area contributed by atoms with Gasteiger partial charge in [0.25, 0.3) is 0 Å². The number of para-hydroxylation sites is 1. The van der Waals surface area contributed by atoms with Gasteiger partial charge in [-0.25, -0.2) is 0 Å². The monoisotopic (exact) mass is 309 g/mol. The van der Waals surface area contributed by atoms with Gasteiger partial charge < -0.3 is 9.64 Å². The molecule has 2 aromatic carbocycles. The maximum Gasteiger partial charge on any atom is 0.132 e. The van der Waals surface area contributed by atoms with Crippen molar-refractivity contribution >= 4 is 24.2 Å². The van der Waals surface area contributed by atoms with Crippen LogP contribution in [0.25, 0.3) is 0 Å². The molecule has 0 amide bonds. The van der Waals surface area contributed by atoms with Crippen molar-refractivity contribution < 1.29 is 4.74 Å². The van der Waals surface area contributed by atoms with Crippen molar-refractivity contribution in [1.82, 2.24) is 4.90 Å². The van der Waals surface area contributed by atoms with Gasteiger partial charge in [-0.05, 0) is 37.9 Å². The van der Waals surface area contributed by atoms with E-state index in [9.17, 15) is 0 Å². The first-order valence-electron chi connectivity index (χ1n) is 6.24. The SMILES string of the molecule is COc1ccccc1Sc1ccccc1CN(C)C.Cl. The predicted molar refractivity (Wildman–Crippen MR) is 88.2 cm³/mol. The molecule has 4 heteroatoms. The highest BCUT2D eigenvalue weighted by Crippen LogP contribution is 2.36. The van der Waals surface area contributed by atoms with Crippen LogP contribution in [0, 0.1) is 0 Å². The summed E-state index contributed by atoms with van der Waals surface area (Å²) in [5.41, 5.74) is 1.34. The molecule has 0 bridgehead atoms. The van der Waals surface area contributed by atoms with Gasteiger partial charge in [0, 0.05) is 11.4 Å². The van der Waals surface area contributed by atoms with Crippen LogP contribution in [0.2, 0.25) is 0 Å². The molecule has 0 atom stereocenters. The number of ether oxygens (including phenoxy) is 1. The third kappa shape index (κ3) is 4.44. The van der Waals surface area contributed by atoms with Crippen molar-refractivity contribution in [3.63, 3.8) is 0 Å². The predicted octanol–water partition coefficient (Wildman–Crippen LogP) is 4.33. The second-order valence-corrected chi connectivity index (χ2v) is 5.68. The summed E-state index contributed by atoms with van der Waals surface area (Å²) in [6.45, 7) is 0.943. The lowest BCUT2D eigenvalue weighted by Gasteiger charge is -2.14. The van der Waals surface area contributed by atoms with Crippen LogP contribution < -0.4 is 4.74 Å². The molecule has 2 rings (SSSR count). The molecular weight excluding hydrogens is 290 g/mol. The minimum atomic E-state index is 0. The fourth-order valence-corrected chi connectivity index (χ4v) is 2.94. The Balaban J connectivity index is 0.00000200. The normalized spacial score (nSPS) is 10.2. The fraction of sp³-hybridized carbons (Fsp3) is 0.250. The maximum absolute atomic E-state index is 5.41. The van der Waals surface area contributed by atoms with Gasteiger partial charge >= 0.3 is 0 Å². The highest BCUT2D eigenvalue weighted by Gasteiger charge is 2.08. The quantitative estimate of drug-likeness (QED) is 0.815. The summed E-state index contributed by atoms with van der Waals surface area (Å²) < 4.78 is 5.41. The third-order valence-electron chi connectivity index (χ3n) is 2.75. The van der Waals surface area contributed by atoms with Gasteiger partial charge in [-0.3, -0.25) is 0 Å². The van der Waals surface area contributed by atoms with Gasteiger partial charge in [0.15, 0.2) is 0 Å². The molecule has 0 spiro atoms. The zero-order chi connectivity index (χ0) is 13.7. The van der Waals surface area contributed by atoms with E-state index in [0.29, 0.717) is 0 Å². The summed E-state index contributed by atoms with van der Waals surface area (Å²) in [7, 11) is 5.89. The van der Waals surface area contributed by atoms with E-state index in [4.69, 9.17) is 4.74 Å². The van der Waals surface area contributed by atoms with Crippen LogP contribution in [0.3, 0.4) is 0 Å². The minimum absolute atomic E-state index is 0. The standard InChI is InChI=1S/C16H19NOS.ClH/c1-17(2)12-13-8-4-6-10-15(13)19-16-11-7-5-9-14(16)18-3;/h4-11H,12H2,1-3H3;1H. The van der Waals surface area contributed by atoms with E-state index in [-0.39, 0.29) is 12.4 Å². The number of hydrogen-bond acceptors (Lipinski definition) is 3. The van der Waals surface area contributed by atoms with Crippen LogP contribution in [0.1, 0.15) is 5.56 Å². The van der Waals surface area contributed by atoms with Gasteiger partial charge in [-0.15, -0.1) is 12.4 Å². The second-order valence-electron chi connectivity index (χ2n) is 4.60. The first-order chi connectivity index (χ1) is 9.20. The number of rotatable bonds is 5. The number of halogens is 1. The largest absolute Gasteiger partial charge is 0.496 e. The Morgan fingerprint density at radius 3 is 2.20 bits per heavy atom. The van der Waals surface area contributed by atoms with E-state index in [0.717, 1.165) is 17.2 Å². The highest BCUT2D eigenvalue weighted by atomic mass is 35.5. The molecule has 0 saturated heterocycles. The maximum atomic E-state index is 5.41. The Morgan fingerprint density at radius 2 is 1.55 bits per heavy atom. The van der Waals surface area contributed by atoms with Crippen molar-refractivity contribution in [2.75, 3.05) is 21.2 Å². The Kier molecular flexibility index (Phi) is 6.93. The fourth-order valence-electron chi connectivity index (χ4n) is 1.90. The molecular formula is C16H20ClNOS. The summed E-state index contributed by atoms with van der Waals surface area (Å²) in [5, 5.41) is 0. The van der Waals surface area contributed by atoms with Crippen molar-refractivity contribution in [2.45, 2.75) is 16.3 Å². The van der Waals surface area contributed by atoms with Crippen molar-refractivity contribution in [2.24, 2.45) is 0 Å². The first kappa shape index (κ1) is 16.9. The van der Waals surface area contributed by atoms with Crippen LogP contribution in [-0.2, 0) is 6.54 Å². The average molecular weight is 310 g/mol. The van der Waals surface area contributed by atoms with Crippen molar-refractivity contribution in [3.05, 3.63) is 54.1 Å². The van der Waals surface area contributed by atoms with Crippen LogP contribution in [0.15, 0.2) is 58.3 Å². The smallest absolute Gasteiger partial charge is 0.132 e. The molecule has 0 aromatic heterocycles. The van der Waals surface area contributed by atoms with E-state index in [1.807, 2.05) is 18.2 Å². The lowest BCUT2D eigenvalue weighted by Crippen LogP contribution is -2.11. The Morgan fingerprint density at radius 1 is 0.950 bits per heavy atom. The Bertz CT molecular complexity index is 546. The molecule has 0 fully saturated rings. The average Bonchev–Trinajstić information content (AvgIpc) is 2.41. The number of methoxy groups -OCH3 is 1. The van der Waals surface area contributed by atoms with Crippen LogP contribution in [0.4, 0.5) is 0 Å². The molecule has 2 nitrogen and oxygen atoms in total. The summed E-state index contributed by atoms with van der Waals surface area (Å²) in [6, 6.07) is 16.6. The highest BCUT2D eigenvalue weighted by molar-refractivity contribution is 7.99. The second kappa shape index (κ2) is 8.20. The first-order valence-corrected chi connectivity index (χ1v) is 7.06. The van der Waals surface area contributed by atoms with Crippen LogP contribution in [0.5, 0.6) is 5.75 Å². The van der Waals surface area contributed by atoms with Gasteiger partial charge in [0.05, 0.1) is 12.0 Å². The summed E-state index contributed by atoms with van der Waals surface area (Å²) in [6.07, 6.45) is 0. The molecule has 2 aromatic rings. The number of nitrogens with zero attached hydrogens (tertiary/aromatic N) is 1. The van der Waals surface area contributed by atoms with Gasteiger partial charge in [-0.2, -0.15) is 0 Å². The molecule has 0 N–H and O–H groups in total. The molecule has 0 aliphatic carbocycles. The summed E-state index contributed by atoms with van der Waals surface area (Å²) in [4.78, 5) is 4.61. The topological polar surface area (TPSA) is 12.5 Å². The van der Waals surface area contributed by atoms with Gasteiger partial charge in [0.2, 0.25) is 0 Å². The number of hydrogen-bond donors (Lipinski definition) is 0. The summed E-state index contributed by atoms with van der Waals surface area (Å²) in [5.74, 6) is 0.923. The van der Waals surface area contributed by atoms with E-state index in [1.165, 1.54) is 10.5 Å². The number of benzene rings is 2. The Labute approximate surface area is 131 Å². The molecule has 0 unspecified atom stereocenters. The van der Waals surface area contributed by atoms with E-state index in [1.54, 1.807) is 18.9 Å². The van der Waals surface area contributed by atoms with E-state index < -0.39 is 0 Å². The molecule has 0 radical (unpaired) electrons. The summed E-state index contributed by atoms with van der Waals surface area (Å²) >= 11 is 1.76. The minimum Gasteiger partial charge on any atom is -0.496 e. The lowest BCUT2D eigenvalue weighted by molar-refractivity contribution is 0.399. The molecule has 108 valence electrons. The zero-order valence-electron chi connectivity index (χ0n) is 12.0. The van der Waals surface area contributed by atoms with Crippen molar-refractivity contribution in [1.29, 1.82) is 0 Å².